The summed E-state index contributed by atoms with van der Waals surface area (Å²) in [6.07, 6.45) is 9.18. The van der Waals surface area contributed by atoms with Crippen LogP contribution in [0.1, 0.15) is 50.3 Å². The Balaban J connectivity index is 1.90. The van der Waals surface area contributed by atoms with Crippen molar-refractivity contribution in [3.63, 3.8) is 0 Å². The molecule has 116 valence electrons. The Kier molecular flexibility index (Phi) is 6.71. The topological polar surface area (TPSA) is 54.1 Å². The third kappa shape index (κ3) is 5.14. The predicted octanol–water partition coefficient (Wildman–Crippen LogP) is 2.75. The van der Waals surface area contributed by atoms with Gasteiger partial charge in [-0.05, 0) is 18.9 Å². The van der Waals surface area contributed by atoms with Gasteiger partial charge in [-0.3, -0.25) is 9.58 Å². The summed E-state index contributed by atoms with van der Waals surface area (Å²) in [7, 11) is 1.71. The van der Waals surface area contributed by atoms with Gasteiger partial charge in [0.25, 0.3) is 0 Å². The lowest BCUT2D eigenvalue weighted by atomic mass is 9.96. The highest BCUT2D eigenvalue weighted by Crippen LogP contribution is 2.27. The van der Waals surface area contributed by atoms with Gasteiger partial charge in [0, 0.05) is 39.4 Å². The molecule has 0 aromatic carbocycles. The van der Waals surface area contributed by atoms with Crippen LogP contribution in [0.5, 0.6) is 0 Å². The molecule has 2 rings (SSSR count). The van der Waals surface area contributed by atoms with Crippen molar-refractivity contribution in [1.82, 2.24) is 14.7 Å². The van der Waals surface area contributed by atoms with Crippen molar-refractivity contribution < 1.29 is 4.74 Å². The van der Waals surface area contributed by atoms with Gasteiger partial charge in [0.2, 0.25) is 0 Å². The van der Waals surface area contributed by atoms with Gasteiger partial charge < -0.3 is 4.74 Å². The molecule has 0 spiro atoms. The minimum absolute atomic E-state index is 0.549. The quantitative estimate of drug-likeness (QED) is 0.738. The smallest absolute Gasteiger partial charge is 0.0764 e. The van der Waals surface area contributed by atoms with Crippen molar-refractivity contribution >= 4 is 0 Å². The van der Waals surface area contributed by atoms with E-state index in [1.54, 1.807) is 7.11 Å². The van der Waals surface area contributed by atoms with E-state index in [4.69, 9.17) is 15.1 Å². The first-order chi connectivity index (χ1) is 10.3. The van der Waals surface area contributed by atoms with Gasteiger partial charge in [-0.15, -0.1) is 0 Å². The number of nitrogens with zero attached hydrogens (tertiary/aromatic N) is 4. The summed E-state index contributed by atoms with van der Waals surface area (Å²) in [5.41, 5.74) is 1.09. The normalized spacial score (nSPS) is 16.2. The molecule has 0 bridgehead atoms. The molecule has 5 nitrogen and oxygen atoms in total. The molecule has 0 aliphatic heterocycles. The van der Waals surface area contributed by atoms with E-state index in [2.05, 4.69) is 27.9 Å². The Morgan fingerprint density at radius 2 is 2.19 bits per heavy atom. The molecule has 1 aliphatic rings. The van der Waals surface area contributed by atoms with E-state index in [9.17, 15) is 0 Å². The Morgan fingerprint density at radius 3 is 2.90 bits per heavy atom. The molecular weight excluding hydrogens is 264 g/mol. The van der Waals surface area contributed by atoms with Crippen molar-refractivity contribution in [2.24, 2.45) is 0 Å². The van der Waals surface area contributed by atoms with Crippen LogP contribution in [0.25, 0.3) is 0 Å². The molecule has 0 unspecified atom stereocenters. The molecule has 0 radical (unpaired) electrons. The van der Waals surface area contributed by atoms with Crippen LogP contribution in [0.2, 0.25) is 0 Å². The van der Waals surface area contributed by atoms with E-state index in [-0.39, 0.29) is 0 Å². The first kappa shape index (κ1) is 16.0. The molecule has 1 aromatic heterocycles. The highest BCUT2D eigenvalue weighted by atomic mass is 16.5. The van der Waals surface area contributed by atoms with Crippen LogP contribution in [0.3, 0.4) is 0 Å². The number of methoxy groups -OCH3 is 1. The Labute approximate surface area is 127 Å². The monoisotopic (exact) mass is 290 g/mol. The van der Waals surface area contributed by atoms with E-state index in [0.717, 1.165) is 25.3 Å². The predicted molar refractivity (Wildman–Crippen MR) is 81.7 cm³/mol. The summed E-state index contributed by atoms with van der Waals surface area (Å²) >= 11 is 0. The Bertz CT molecular complexity index is 445. The molecule has 1 heterocycles. The van der Waals surface area contributed by atoms with Crippen molar-refractivity contribution in [1.29, 1.82) is 5.26 Å². The third-order valence-electron chi connectivity index (χ3n) is 4.15. The van der Waals surface area contributed by atoms with Gasteiger partial charge in [0.1, 0.15) is 0 Å². The van der Waals surface area contributed by atoms with E-state index >= 15 is 0 Å². The summed E-state index contributed by atoms with van der Waals surface area (Å²) in [6.45, 7) is 3.10. The second kappa shape index (κ2) is 8.81. The van der Waals surface area contributed by atoms with Gasteiger partial charge in [-0.1, -0.05) is 19.3 Å². The maximum Gasteiger partial charge on any atom is 0.0764 e. The standard InChI is InChI=1S/C16H26N4O/c1-21-13-12-19(10-5-9-17)14-15-8-11-20(18-15)16-6-3-2-4-7-16/h8,11,16H,2-7,10,12-14H2,1H3. The van der Waals surface area contributed by atoms with Gasteiger partial charge in [0.05, 0.1) is 24.4 Å². The van der Waals surface area contributed by atoms with E-state index in [1.807, 2.05) is 0 Å². The first-order valence-electron chi connectivity index (χ1n) is 7.95. The molecule has 1 fully saturated rings. The van der Waals surface area contributed by atoms with Crippen LogP contribution < -0.4 is 0 Å². The highest BCUT2D eigenvalue weighted by Gasteiger charge is 2.16. The zero-order valence-corrected chi connectivity index (χ0v) is 13.0. The Hall–Kier alpha value is -1.38. The summed E-state index contributed by atoms with van der Waals surface area (Å²) < 4.78 is 7.29. The zero-order valence-electron chi connectivity index (χ0n) is 13.0. The minimum atomic E-state index is 0.549. The lowest BCUT2D eigenvalue weighted by Gasteiger charge is -2.22. The highest BCUT2D eigenvalue weighted by molar-refractivity contribution is 5.00. The van der Waals surface area contributed by atoms with Crippen molar-refractivity contribution in [2.45, 2.75) is 51.1 Å². The fourth-order valence-electron chi connectivity index (χ4n) is 2.94. The molecule has 0 atom stereocenters. The SMILES string of the molecule is COCCN(CCC#N)Cc1ccn(C2CCCCC2)n1. The summed E-state index contributed by atoms with van der Waals surface area (Å²) in [6, 6.07) is 4.90. The lowest BCUT2D eigenvalue weighted by molar-refractivity contribution is 0.144. The Morgan fingerprint density at radius 1 is 1.38 bits per heavy atom. The average Bonchev–Trinajstić information content (AvgIpc) is 2.99. The molecular formula is C16H26N4O. The van der Waals surface area contributed by atoms with E-state index < -0.39 is 0 Å². The maximum atomic E-state index is 8.75. The van der Waals surface area contributed by atoms with E-state index in [1.165, 1.54) is 32.1 Å². The van der Waals surface area contributed by atoms with Crippen LogP contribution in [0.15, 0.2) is 12.3 Å². The van der Waals surface area contributed by atoms with Crippen LogP contribution in [0, 0.1) is 11.3 Å². The fourth-order valence-corrected chi connectivity index (χ4v) is 2.94. The van der Waals surface area contributed by atoms with Crippen molar-refractivity contribution in [3.8, 4) is 6.07 Å². The number of hydrogen-bond acceptors (Lipinski definition) is 4. The first-order valence-corrected chi connectivity index (χ1v) is 7.95. The average molecular weight is 290 g/mol. The minimum Gasteiger partial charge on any atom is -0.383 e. The van der Waals surface area contributed by atoms with Gasteiger partial charge >= 0.3 is 0 Å². The van der Waals surface area contributed by atoms with Crippen LogP contribution in [-0.4, -0.2) is 41.5 Å². The number of rotatable bonds is 8. The fraction of sp³-hybridized carbons (Fsp3) is 0.750. The molecule has 21 heavy (non-hydrogen) atoms. The lowest BCUT2D eigenvalue weighted by Crippen LogP contribution is -2.28. The van der Waals surface area contributed by atoms with Crippen LogP contribution in [0.4, 0.5) is 0 Å². The summed E-state index contributed by atoms with van der Waals surface area (Å²) in [5, 5.41) is 13.5. The number of ether oxygens (including phenoxy) is 1. The second-order valence-electron chi connectivity index (χ2n) is 5.76. The molecule has 1 aliphatic carbocycles. The van der Waals surface area contributed by atoms with Crippen molar-refractivity contribution in [2.75, 3.05) is 26.8 Å². The summed E-state index contributed by atoms with van der Waals surface area (Å²) in [5.74, 6) is 0. The van der Waals surface area contributed by atoms with Gasteiger partial charge in [-0.2, -0.15) is 10.4 Å². The molecule has 5 heteroatoms. The third-order valence-corrected chi connectivity index (χ3v) is 4.15. The zero-order chi connectivity index (χ0) is 14.9. The van der Waals surface area contributed by atoms with Gasteiger partial charge in [0.15, 0.2) is 0 Å². The summed E-state index contributed by atoms with van der Waals surface area (Å²) in [4.78, 5) is 2.24. The van der Waals surface area contributed by atoms with Crippen LogP contribution in [-0.2, 0) is 11.3 Å². The molecule has 0 N–H and O–H groups in total. The molecule has 0 amide bonds. The maximum absolute atomic E-state index is 8.75. The molecule has 1 saturated carbocycles. The number of nitriles is 1. The largest absolute Gasteiger partial charge is 0.383 e. The second-order valence-corrected chi connectivity index (χ2v) is 5.76. The number of aromatic nitrogens is 2. The van der Waals surface area contributed by atoms with Crippen LogP contribution >= 0.6 is 0 Å². The van der Waals surface area contributed by atoms with Crippen molar-refractivity contribution in [3.05, 3.63) is 18.0 Å². The van der Waals surface area contributed by atoms with Gasteiger partial charge in [-0.25, -0.2) is 0 Å². The molecule has 1 aromatic rings. The molecule has 0 saturated heterocycles. The number of hydrogen-bond donors (Lipinski definition) is 0. The van der Waals surface area contributed by atoms with E-state index in [0.29, 0.717) is 19.1 Å².